The Morgan fingerprint density at radius 2 is 1.79 bits per heavy atom. The lowest BCUT2D eigenvalue weighted by Gasteiger charge is -2.10. The molecule has 4 nitrogen and oxygen atoms in total. The number of para-hydroxylation sites is 2. The number of carbonyl (C=O) groups is 1. The van der Waals surface area contributed by atoms with Gasteiger partial charge in [-0.1, -0.05) is 56.0 Å². The van der Waals surface area contributed by atoms with Gasteiger partial charge in [-0.15, -0.1) is 0 Å². The Balaban J connectivity index is 1.57. The van der Waals surface area contributed by atoms with Gasteiger partial charge >= 0.3 is 0 Å². The largest absolute Gasteiger partial charge is 0.352 e. The van der Waals surface area contributed by atoms with Crippen molar-refractivity contribution in [2.24, 2.45) is 0 Å². The molecule has 0 fully saturated rings. The number of unbranched alkanes of at least 4 members (excludes halogenated alkanes) is 3. The number of rotatable bonds is 10. The van der Waals surface area contributed by atoms with Crippen LogP contribution in [0.5, 0.6) is 0 Å². The van der Waals surface area contributed by atoms with E-state index in [-0.39, 0.29) is 5.91 Å². The number of benzene rings is 2. The van der Waals surface area contributed by atoms with E-state index < -0.39 is 0 Å². The van der Waals surface area contributed by atoms with E-state index in [9.17, 15) is 4.79 Å². The lowest BCUT2D eigenvalue weighted by Crippen LogP contribution is -2.25. The molecule has 0 spiro atoms. The molecule has 3 rings (SSSR count). The van der Waals surface area contributed by atoms with Gasteiger partial charge in [0, 0.05) is 25.1 Å². The second-order valence-electron chi connectivity index (χ2n) is 7.45. The first kappa shape index (κ1) is 20.1. The molecule has 2 aromatic carbocycles. The molecule has 0 aliphatic carbocycles. The number of imidazole rings is 1. The predicted octanol–water partition coefficient (Wildman–Crippen LogP) is 5.29. The molecular formula is C24H31N3O. The van der Waals surface area contributed by atoms with Crippen LogP contribution in [-0.2, 0) is 13.0 Å². The van der Waals surface area contributed by atoms with Crippen molar-refractivity contribution in [1.29, 1.82) is 0 Å². The number of aryl methyl sites for hydroxylation is 3. The second kappa shape index (κ2) is 10.1. The first-order chi connectivity index (χ1) is 13.7. The number of hydrogen-bond donors (Lipinski definition) is 1. The molecular weight excluding hydrogens is 346 g/mol. The third-order valence-corrected chi connectivity index (χ3v) is 5.15. The van der Waals surface area contributed by atoms with Crippen LogP contribution in [-0.4, -0.2) is 22.0 Å². The van der Waals surface area contributed by atoms with Crippen LogP contribution >= 0.6 is 0 Å². The average Bonchev–Trinajstić information content (AvgIpc) is 3.06. The first-order valence-corrected chi connectivity index (χ1v) is 10.5. The zero-order valence-electron chi connectivity index (χ0n) is 17.1. The molecule has 1 heterocycles. The molecule has 1 amide bonds. The van der Waals surface area contributed by atoms with Crippen molar-refractivity contribution >= 4 is 16.9 Å². The third kappa shape index (κ3) is 5.22. The SMILES string of the molecule is CCCCCCn1c(CCCNC(=O)c2ccc(C)cc2)nc2ccccc21. The van der Waals surface area contributed by atoms with Crippen LogP contribution in [0.1, 0.15) is 60.8 Å². The minimum Gasteiger partial charge on any atom is -0.352 e. The maximum atomic E-state index is 12.2. The highest BCUT2D eigenvalue weighted by atomic mass is 16.1. The minimum atomic E-state index is -0.00642. The van der Waals surface area contributed by atoms with Gasteiger partial charge in [-0.2, -0.15) is 0 Å². The van der Waals surface area contributed by atoms with Gasteiger partial charge < -0.3 is 9.88 Å². The first-order valence-electron chi connectivity index (χ1n) is 10.5. The number of hydrogen-bond acceptors (Lipinski definition) is 2. The Morgan fingerprint density at radius 3 is 2.57 bits per heavy atom. The smallest absolute Gasteiger partial charge is 0.251 e. The Labute approximate surface area is 168 Å². The summed E-state index contributed by atoms with van der Waals surface area (Å²) in [5, 5.41) is 3.03. The number of aromatic nitrogens is 2. The highest BCUT2D eigenvalue weighted by Gasteiger charge is 2.10. The fourth-order valence-electron chi connectivity index (χ4n) is 3.52. The summed E-state index contributed by atoms with van der Waals surface area (Å²) in [5.41, 5.74) is 4.16. The highest BCUT2D eigenvalue weighted by molar-refractivity contribution is 5.94. The average molecular weight is 378 g/mol. The van der Waals surface area contributed by atoms with Crippen molar-refractivity contribution in [3.63, 3.8) is 0 Å². The van der Waals surface area contributed by atoms with E-state index >= 15 is 0 Å². The molecule has 0 atom stereocenters. The van der Waals surface area contributed by atoms with E-state index in [4.69, 9.17) is 4.98 Å². The Kier molecular flexibility index (Phi) is 7.24. The maximum absolute atomic E-state index is 12.2. The summed E-state index contributed by atoms with van der Waals surface area (Å²) < 4.78 is 2.37. The van der Waals surface area contributed by atoms with Crippen LogP contribution < -0.4 is 5.32 Å². The number of fused-ring (bicyclic) bond motifs is 1. The summed E-state index contributed by atoms with van der Waals surface area (Å²) in [5.74, 6) is 1.12. The van der Waals surface area contributed by atoms with Gasteiger partial charge in [0.25, 0.3) is 5.91 Å². The molecule has 0 bridgehead atoms. The molecule has 0 saturated carbocycles. The van der Waals surface area contributed by atoms with Crippen LogP contribution in [0.2, 0.25) is 0 Å². The zero-order chi connectivity index (χ0) is 19.8. The predicted molar refractivity (Wildman–Crippen MR) is 116 cm³/mol. The van der Waals surface area contributed by atoms with Crippen molar-refractivity contribution in [2.45, 2.75) is 58.9 Å². The molecule has 0 aliphatic heterocycles. The summed E-state index contributed by atoms with van der Waals surface area (Å²) in [7, 11) is 0. The Morgan fingerprint density at radius 1 is 1.00 bits per heavy atom. The maximum Gasteiger partial charge on any atom is 0.251 e. The van der Waals surface area contributed by atoms with Crippen LogP contribution in [0.25, 0.3) is 11.0 Å². The van der Waals surface area contributed by atoms with E-state index in [1.54, 1.807) is 0 Å². The summed E-state index contributed by atoms with van der Waals surface area (Å²) in [6.45, 7) is 5.94. The van der Waals surface area contributed by atoms with E-state index in [0.717, 1.165) is 36.3 Å². The Bertz CT molecular complexity index is 896. The summed E-state index contributed by atoms with van der Waals surface area (Å²) in [4.78, 5) is 17.1. The monoisotopic (exact) mass is 377 g/mol. The molecule has 0 radical (unpaired) electrons. The van der Waals surface area contributed by atoms with Gasteiger partial charge in [0.05, 0.1) is 11.0 Å². The topological polar surface area (TPSA) is 46.9 Å². The van der Waals surface area contributed by atoms with Crippen molar-refractivity contribution < 1.29 is 4.79 Å². The highest BCUT2D eigenvalue weighted by Crippen LogP contribution is 2.18. The van der Waals surface area contributed by atoms with Gasteiger partial charge in [-0.25, -0.2) is 4.98 Å². The van der Waals surface area contributed by atoms with Crippen LogP contribution in [0.3, 0.4) is 0 Å². The lowest BCUT2D eigenvalue weighted by atomic mass is 10.1. The van der Waals surface area contributed by atoms with Gasteiger partial charge in [0.15, 0.2) is 0 Å². The lowest BCUT2D eigenvalue weighted by molar-refractivity contribution is 0.0953. The molecule has 0 saturated heterocycles. The Hall–Kier alpha value is -2.62. The fraction of sp³-hybridized carbons (Fsp3) is 0.417. The van der Waals surface area contributed by atoms with Crippen LogP contribution in [0.15, 0.2) is 48.5 Å². The number of nitrogens with one attached hydrogen (secondary N) is 1. The van der Waals surface area contributed by atoms with E-state index in [0.29, 0.717) is 12.1 Å². The van der Waals surface area contributed by atoms with Crippen molar-refractivity contribution in [3.05, 3.63) is 65.5 Å². The number of carbonyl (C=O) groups excluding carboxylic acids is 1. The van der Waals surface area contributed by atoms with Gasteiger partial charge in [-0.3, -0.25) is 4.79 Å². The molecule has 3 aromatic rings. The normalized spacial score (nSPS) is 11.1. The molecule has 4 heteroatoms. The second-order valence-corrected chi connectivity index (χ2v) is 7.45. The summed E-state index contributed by atoms with van der Waals surface area (Å²) >= 11 is 0. The molecule has 0 unspecified atom stereocenters. The van der Waals surface area contributed by atoms with Gasteiger partial charge in [-0.05, 0) is 44.0 Å². The van der Waals surface area contributed by atoms with E-state index in [2.05, 4.69) is 35.0 Å². The van der Waals surface area contributed by atoms with Gasteiger partial charge in [0.2, 0.25) is 0 Å². The molecule has 0 aliphatic rings. The standard InChI is InChI=1S/C24H31N3O/c1-3-4-5-8-18-27-22-11-7-6-10-21(22)26-23(27)12-9-17-25-24(28)20-15-13-19(2)14-16-20/h6-7,10-11,13-16H,3-5,8-9,12,17-18H2,1-2H3,(H,25,28). The summed E-state index contributed by atoms with van der Waals surface area (Å²) in [6.07, 6.45) is 6.73. The minimum absolute atomic E-state index is 0.00642. The van der Waals surface area contributed by atoms with Crippen LogP contribution in [0.4, 0.5) is 0 Å². The number of amides is 1. The summed E-state index contributed by atoms with van der Waals surface area (Å²) in [6, 6.07) is 16.1. The molecule has 1 N–H and O–H groups in total. The van der Waals surface area contributed by atoms with E-state index in [1.807, 2.05) is 37.3 Å². The van der Waals surface area contributed by atoms with Crippen LogP contribution in [0, 0.1) is 6.92 Å². The van der Waals surface area contributed by atoms with Crippen molar-refractivity contribution in [1.82, 2.24) is 14.9 Å². The van der Waals surface area contributed by atoms with Crippen molar-refractivity contribution in [3.8, 4) is 0 Å². The van der Waals surface area contributed by atoms with Gasteiger partial charge in [0.1, 0.15) is 5.82 Å². The quantitative estimate of drug-likeness (QED) is 0.488. The molecule has 148 valence electrons. The third-order valence-electron chi connectivity index (χ3n) is 5.15. The zero-order valence-corrected chi connectivity index (χ0v) is 17.1. The fourth-order valence-corrected chi connectivity index (χ4v) is 3.52. The van der Waals surface area contributed by atoms with E-state index in [1.165, 1.54) is 31.2 Å². The van der Waals surface area contributed by atoms with Crippen molar-refractivity contribution in [2.75, 3.05) is 6.54 Å². The number of nitrogens with zero attached hydrogens (tertiary/aromatic N) is 2. The molecule has 1 aromatic heterocycles. The molecule has 28 heavy (non-hydrogen) atoms.